The van der Waals surface area contributed by atoms with Crippen LogP contribution in [0.25, 0.3) is 0 Å². The van der Waals surface area contributed by atoms with Crippen molar-refractivity contribution in [2.24, 2.45) is 0 Å². The molecule has 2 aromatic carbocycles. The van der Waals surface area contributed by atoms with E-state index in [0.717, 1.165) is 11.3 Å². The van der Waals surface area contributed by atoms with Crippen LogP contribution in [0.5, 0.6) is 23.4 Å². The van der Waals surface area contributed by atoms with Gasteiger partial charge in [-0.05, 0) is 44.2 Å². The molecule has 2 aromatic heterocycles. The molecule has 0 saturated carbocycles. The summed E-state index contributed by atoms with van der Waals surface area (Å²) in [7, 11) is 3.09. The molecule has 0 aliphatic rings. The summed E-state index contributed by atoms with van der Waals surface area (Å²) in [5.41, 5.74) is 3.43. The number of urea groups is 2. The Balaban J connectivity index is -0.0000000983. The molecular weight excluding hydrogens is 703 g/mol. The van der Waals surface area contributed by atoms with E-state index in [1.54, 1.807) is 25.4 Å². The molecule has 0 saturated heterocycles. The number of rotatable bonds is 6. The van der Waals surface area contributed by atoms with Crippen molar-refractivity contribution in [2.75, 3.05) is 24.7 Å². The van der Waals surface area contributed by atoms with Crippen LogP contribution in [-0.2, 0) is 0 Å². The quantitative estimate of drug-likeness (QED) is 0.152. The molecule has 56 heavy (non-hydrogen) atoms. The fourth-order valence-electron chi connectivity index (χ4n) is 2.77. The van der Waals surface area contributed by atoms with Gasteiger partial charge in [-0.1, -0.05) is 161 Å². The molecule has 0 aliphatic heterocycles. The summed E-state index contributed by atoms with van der Waals surface area (Å²) in [4.78, 5) is 34.3. The van der Waals surface area contributed by atoms with E-state index >= 15 is 0 Å². The van der Waals surface area contributed by atoms with E-state index < -0.39 is 0 Å². The topological polar surface area (TPSA) is 139 Å². The Labute approximate surface area is 345 Å². The van der Waals surface area contributed by atoms with Gasteiger partial charge in [0.1, 0.15) is 11.5 Å². The van der Waals surface area contributed by atoms with E-state index in [1.165, 1.54) is 25.0 Å². The summed E-state index contributed by atoms with van der Waals surface area (Å²) in [5.74, 6) is 1.87. The fourth-order valence-corrected chi connectivity index (χ4v) is 2.77. The summed E-state index contributed by atoms with van der Waals surface area (Å²) < 4.78 is 11.0. The van der Waals surface area contributed by atoms with E-state index in [1.807, 2.05) is 173 Å². The lowest BCUT2D eigenvalue weighted by atomic mass is 10.2. The van der Waals surface area contributed by atoms with Crippen LogP contribution in [-0.4, -0.2) is 41.1 Å². The van der Waals surface area contributed by atoms with Gasteiger partial charge in [-0.15, -0.1) is 0 Å². The van der Waals surface area contributed by atoms with Gasteiger partial charge in [-0.2, -0.15) is 0 Å². The van der Waals surface area contributed by atoms with Crippen molar-refractivity contribution >= 4 is 23.4 Å². The van der Waals surface area contributed by atoms with Crippen LogP contribution < -0.4 is 30.7 Å². The SMILES string of the molecule is C.C.CC.CC.CC.CC.CC.CC.CC.CC.CNC(=O)Nc1ccc(Oc2ccc(C)cc2)nc1.CNC(=O)Nc1cnc(Oc2ccc(C)cc2)nc1. The van der Waals surface area contributed by atoms with Crippen LogP contribution in [0, 0.1) is 13.8 Å². The zero-order chi connectivity index (χ0) is 43.3. The van der Waals surface area contributed by atoms with Crippen LogP contribution in [0.15, 0.2) is 79.3 Å². The average Bonchev–Trinajstić information content (AvgIpc) is 3.27. The van der Waals surface area contributed by atoms with Crippen molar-refractivity contribution in [1.29, 1.82) is 0 Å². The van der Waals surface area contributed by atoms with Crippen molar-refractivity contribution in [3.05, 3.63) is 90.4 Å². The smallest absolute Gasteiger partial charge is 0.322 e. The van der Waals surface area contributed by atoms with Gasteiger partial charge < -0.3 is 30.7 Å². The van der Waals surface area contributed by atoms with E-state index in [4.69, 9.17) is 9.47 Å². The first kappa shape index (κ1) is 68.8. The molecule has 2 heterocycles. The molecule has 0 atom stereocenters. The van der Waals surface area contributed by atoms with Crippen molar-refractivity contribution in [1.82, 2.24) is 25.6 Å². The third-order valence-electron chi connectivity index (χ3n) is 4.81. The molecule has 4 aromatic rings. The number of ether oxygens (including phenoxy) is 2. The lowest BCUT2D eigenvalue weighted by Gasteiger charge is -2.07. The molecule has 4 rings (SSSR count). The monoisotopic (exact) mass is 788 g/mol. The Bertz CT molecular complexity index is 1210. The average molecular weight is 788 g/mol. The van der Waals surface area contributed by atoms with Gasteiger partial charge in [-0.25, -0.2) is 24.5 Å². The first-order valence-electron chi connectivity index (χ1n) is 19.6. The van der Waals surface area contributed by atoms with Gasteiger partial charge in [0.25, 0.3) is 0 Å². The number of nitrogens with one attached hydrogen (secondary N) is 4. The van der Waals surface area contributed by atoms with E-state index in [0.29, 0.717) is 23.0 Å². The lowest BCUT2D eigenvalue weighted by molar-refractivity contribution is 0.253. The third kappa shape index (κ3) is 37.1. The van der Waals surface area contributed by atoms with Crippen LogP contribution in [0.3, 0.4) is 0 Å². The minimum Gasteiger partial charge on any atom is -0.439 e. The van der Waals surface area contributed by atoms with Crippen molar-refractivity contribution in [3.8, 4) is 23.4 Å². The third-order valence-corrected chi connectivity index (χ3v) is 4.81. The number of hydrogen-bond donors (Lipinski definition) is 4. The van der Waals surface area contributed by atoms with Gasteiger partial charge in [0.05, 0.1) is 30.0 Å². The predicted octanol–water partition coefficient (Wildman–Crippen LogP) is 14.7. The first-order valence-corrected chi connectivity index (χ1v) is 19.6. The number of carbonyl (C=O) groups excluding carboxylic acids is 2. The number of anilines is 2. The van der Waals surface area contributed by atoms with Gasteiger partial charge in [0, 0.05) is 20.2 Å². The molecule has 11 heteroatoms. The number of nitrogens with zero attached hydrogens (tertiary/aromatic N) is 3. The first-order chi connectivity index (χ1) is 26.3. The highest BCUT2D eigenvalue weighted by atomic mass is 16.5. The molecule has 11 nitrogen and oxygen atoms in total. The predicted molar refractivity (Wildman–Crippen MR) is 249 cm³/mol. The molecule has 0 radical (unpaired) electrons. The highest BCUT2D eigenvalue weighted by Gasteiger charge is 2.04. The van der Waals surface area contributed by atoms with Crippen molar-refractivity contribution < 1.29 is 19.1 Å². The van der Waals surface area contributed by atoms with Crippen LogP contribution >= 0.6 is 0 Å². The Hall–Kier alpha value is -5.19. The van der Waals surface area contributed by atoms with Crippen LogP contribution in [0.2, 0.25) is 0 Å². The molecular formula is C45H85N7O4. The second kappa shape index (κ2) is 54.2. The molecule has 0 aliphatic carbocycles. The van der Waals surface area contributed by atoms with E-state index in [9.17, 15) is 9.59 Å². The maximum atomic E-state index is 11.1. The number of amides is 4. The number of aromatic nitrogens is 3. The highest BCUT2D eigenvalue weighted by Crippen LogP contribution is 2.21. The summed E-state index contributed by atoms with van der Waals surface area (Å²) in [6.07, 6.45) is 4.50. The largest absolute Gasteiger partial charge is 0.439 e. The summed E-state index contributed by atoms with van der Waals surface area (Å²) in [6, 6.07) is 18.3. The van der Waals surface area contributed by atoms with E-state index in [2.05, 4.69) is 36.2 Å². The molecule has 0 unspecified atom stereocenters. The zero-order valence-corrected chi connectivity index (χ0v) is 37.5. The minimum absolute atomic E-state index is 0. The summed E-state index contributed by atoms with van der Waals surface area (Å²) >= 11 is 0. The minimum atomic E-state index is -0.323. The number of aryl methyl sites for hydroxylation is 2. The fraction of sp³-hybridized carbons (Fsp3) is 0.489. The summed E-state index contributed by atoms with van der Waals surface area (Å²) in [6.45, 7) is 36.0. The molecule has 0 fully saturated rings. The second-order valence-electron chi connectivity index (χ2n) is 7.88. The number of benzene rings is 2. The molecule has 4 N–H and O–H groups in total. The van der Waals surface area contributed by atoms with Crippen molar-refractivity contribution in [3.63, 3.8) is 0 Å². The van der Waals surface area contributed by atoms with Gasteiger partial charge in [-0.3, -0.25) is 0 Å². The zero-order valence-electron chi connectivity index (χ0n) is 37.5. The molecule has 324 valence electrons. The Morgan fingerprint density at radius 3 is 1.09 bits per heavy atom. The number of pyridine rings is 1. The maximum absolute atomic E-state index is 11.1. The van der Waals surface area contributed by atoms with Crippen molar-refractivity contribution in [2.45, 2.75) is 139 Å². The molecule has 0 bridgehead atoms. The van der Waals surface area contributed by atoms with E-state index in [-0.39, 0.29) is 32.9 Å². The number of carbonyl (C=O) groups is 2. The highest BCUT2D eigenvalue weighted by molar-refractivity contribution is 5.89. The molecule has 0 spiro atoms. The van der Waals surface area contributed by atoms with Crippen LogP contribution in [0.1, 0.15) is 137 Å². The summed E-state index contributed by atoms with van der Waals surface area (Å²) in [5, 5.41) is 10.1. The normalized spacial score (nSPS) is 7.50. The maximum Gasteiger partial charge on any atom is 0.322 e. The van der Waals surface area contributed by atoms with Gasteiger partial charge in [0.15, 0.2) is 0 Å². The Morgan fingerprint density at radius 2 is 0.768 bits per heavy atom. The molecule has 4 amide bonds. The second-order valence-corrected chi connectivity index (χ2v) is 7.88. The Kier molecular flexibility index (Phi) is 66.5. The number of hydrogen-bond acceptors (Lipinski definition) is 7. The van der Waals surface area contributed by atoms with Gasteiger partial charge >= 0.3 is 18.1 Å². The van der Waals surface area contributed by atoms with Crippen LogP contribution in [0.4, 0.5) is 21.0 Å². The Morgan fingerprint density at radius 1 is 0.446 bits per heavy atom. The standard InChI is InChI=1S/C14H15N3O2.C13H14N4O2.8C2H6.2CH4/c1-10-3-6-12(7-4-10)19-13-8-5-11(9-16-13)17-14(18)15-2;1-9-3-5-11(6-4-9)19-13-15-7-10(8-16-13)17-12(18)14-2;8*1-2;;/h3-9H,1-2H3,(H2,15,17,18);3-8H,1-2H3,(H2,14,17,18);8*1-2H3;2*1H4. The lowest BCUT2D eigenvalue weighted by Crippen LogP contribution is -2.24. The van der Waals surface area contributed by atoms with Gasteiger partial charge in [0.2, 0.25) is 5.88 Å².